The maximum absolute atomic E-state index is 10.3. The molecule has 1 aliphatic heterocycles. The van der Waals surface area contributed by atoms with Gasteiger partial charge in [-0.1, -0.05) is 22.6 Å². The number of carbonyl (C=O) groups excluding carboxylic acids is 1. The summed E-state index contributed by atoms with van der Waals surface area (Å²) in [6.07, 6.45) is 1.55. The second-order valence-electron chi connectivity index (χ2n) is 1.54. The van der Waals surface area contributed by atoms with Crippen molar-refractivity contribution in [3.63, 3.8) is 0 Å². The van der Waals surface area contributed by atoms with E-state index < -0.39 is 0 Å². The van der Waals surface area contributed by atoms with Crippen LogP contribution in [0.5, 0.6) is 0 Å². The summed E-state index contributed by atoms with van der Waals surface area (Å²) in [6.45, 7) is 0.502. The molecule has 0 N–H and O–H groups in total. The highest BCUT2D eigenvalue weighted by molar-refractivity contribution is 14.1. The van der Waals surface area contributed by atoms with Crippen LogP contribution in [0.1, 0.15) is 0 Å². The van der Waals surface area contributed by atoms with E-state index >= 15 is 0 Å². The molecule has 0 aliphatic carbocycles. The predicted molar refractivity (Wildman–Crippen MR) is 37.9 cm³/mol. The fraction of sp³-hybridized carbons (Fsp3) is 0.400. The van der Waals surface area contributed by atoms with Gasteiger partial charge in [0.15, 0.2) is 0 Å². The number of cyclic esters (lactones) is 1. The highest BCUT2D eigenvalue weighted by Gasteiger charge is 2.09. The molecule has 8 heavy (non-hydrogen) atoms. The smallest absolute Gasteiger partial charge is 0.331 e. The van der Waals surface area contributed by atoms with E-state index in [9.17, 15) is 4.79 Å². The second-order valence-corrected chi connectivity index (χ2v) is 2.31. The van der Waals surface area contributed by atoms with Crippen molar-refractivity contribution >= 4 is 28.6 Å². The van der Waals surface area contributed by atoms with Gasteiger partial charge in [0.05, 0.1) is 0 Å². The summed E-state index contributed by atoms with van der Waals surface area (Å²) in [5.74, 6) is -0.198. The summed E-state index contributed by atoms with van der Waals surface area (Å²) < 4.78 is 5.51. The fourth-order valence-electron chi connectivity index (χ4n) is 0.491. The summed E-state index contributed by atoms with van der Waals surface area (Å²) in [5.41, 5.74) is 1.08. The molecular formula is C5H5IO2. The zero-order chi connectivity index (χ0) is 5.98. The molecule has 1 rings (SSSR count). The minimum Gasteiger partial charge on any atom is -0.458 e. The molecule has 0 saturated heterocycles. The van der Waals surface area contributed by atoms with Gasteiger partial charge in [0.1, 0.15) is 6.61 Å². The first-order valence-corrected chi connectivity index (χ1v) is 3.77. The number of carbonyl (C=O) groups is 1. The minimum atomic E-state index is -0.198. The van der Waals surface area contributed by atoms with Crippen LogP contribution in [0.25, 0.3) is 0 Å². The van der Waals surface area contributed by atoms with Gasteiger partial charge < -0.3 is 4.74 Å². The molecule has 44 valence electrons. The summed E-state index contributed by atoms with van der Waals surface area (Å²) in [5, 5.41) is 0. The molecule has 0 aromatic rings. The third-order valence-corrected chi connectivity index (χ3v) is 1.87. The summed E-state index contributed by atoms with van der Waals surface area (Å²) >= 11 is 2.20. The molecule has 2 nitrogen and oxygen atoms in total. The fourth-order valence-corrected chi connectivity index (χ4v) is 0.931. The van der Waals surface area contributed by atoms with Gasteiger partial charge in [-0.05, 0) is 5.57 Å². The lowest BCUT2D eigenvalue weighted by Gasteiger charge is -1.88. The minimum absolute atomic E-state index is 0.198. The number of halogens is 1. The van der Waals surface area contributed by atoms with Crippen LogP contribution in [0.2, 0.25) is 0 Å². The molecule has 0 fully saturated rings. The van der Waals surface area contributed by atoms with Gasteiger partial charge in [-0.15, -0.1) is 0 Å². The SMILES string of the molecule is O=C1C=C(CI)CO1. The zero-order valence-corrected chi connectivity index (χ0v) is 6.34. The van der Waals surface area contributed by atoms with Gasteiger partial charge in [0.25, 0.3) is 0 Å². The highest BCUT2D eigenvalue weighted by Crippen LogP contribution is 2.07. The van der Waals surface area contributed by atoms with Crippen LogP contribution >= 0.6 is 22.6 Å². The van der Waals surface area contributed by atoms with Crippen molar-refractivity contribution in [1.82, 2.24) is 0 Å². The standard InChI is InChI=1S/C5H5IO2/c6-2-4-1-5(7)8-3-4/h1H,2-3H2. The van der Waals surface area contributed by atoms with Gasteiger partial charge in [-0.2, -0.15) is 0 Å². The third-order valence-electron chi connectivity index (χ3n) is 0.893. The van der Waals surface area contributed by atoms with Crippen molar-refractivity contribution in [3.8, 4) is 0 Å². The van der Waals surface area contributed by atoms with Crippen LogP contribution < -0.4 is 0 Å². The van der Waals surface area contributed by atoms with Crippen LogP contribution in [0.15, 0.2) is 11.6 Å². The first kappa shape index (κ1) is 6.07. The van der Waals surface area contributed by atoms with Crippen molar-refractivity contribution in [2.24, 2.45) is 0 Å². The number of esters is 1. The predicted octanol–water partition coefficient (Wildman–Crippen LogP) is 0.905. The van der Waals surface area contributed by atoms with Gasteiger partial charge in [0, 0.05) is 10.5 Å². The van der Waals surface area contributed by atoms with E-state index in [2.05, 4.69) is 27.3 Å². The van der Waals surface area contributed by atoms with Gasteiger partial charge in [-0.25, -0.2) is 4.79 Å². The largest absolute Gasteiger partial charge is 0.458 e. The topological polar surface area (TPSA) is 26.3 Å². The molecule has 0 bridgehead atoms. The van der Waals surface area contributed by atoms with E-state index in [1.54, 1.807) is 6.08 Å². The van der Waals surface area contributed by atoms with Crippen molar-refractivity contribution in [2.75, 3.05) is 11.0 Å². The molecule has 0 amide bonds. The number of alkyl halides is 1. The maximum Gasteiger partial charge on any atom is 0.331 e. The van der Waals surface area contributed by atoms with E-state index in [4.69, 9.17) is 0 Å². The summed E-state index contributed by atoms with van der Waals surface area (Å²) in [6, 6.07) is 0. The number of ether oxygens (including phenoxy) is 1. The van der Waals surface area contributed by atoms with Gasteiger partial charge in [-0.3, -0.25) is 0 Å². The third kappa shape index (κ3) is 1.21. The normalized spacial score (nSPS) is 18.1. The number of hydrogen-bond acceptors (Lipinski definition) is 2. The molecule has 0 aromatic heterocycles. The molecule has 0 saturated carbocycles. The first-order valence-electron chi connectivity index (χ1n) is 2.25. The monoisotopic (exact) mass is 224 g/mol. The molecule has 0 atom stereocenters. The van der Waals surface area contributed by atoms with Gasteiger partial charge in [0.2, 0.25) is 0 Å². The molecule has 0 radical (unpaired) electrons. The summed E-state index contributed by atoms with van der Waals surface area (Å²) in [4.78, 5) is 10.3. The maximum atomic E-state index is 10.3. The van der Waals surface area contributed by atoms with Crippen LogP contribution in [-0.2, 0) is 9.53 Å². The lowest BCUT2D eigenvalue weighted by Crippen LogP contribution is -1.91. The van der Waals surface area contributed by atoms with Crippen molar-refractivity contribution < 1.29 is 9.53 Å². The van der Waals surface area contributed by atoms with Crippen LogP contribution in [-0.4, -0.2) is 17.0 Å². The highest BCUT2D eigenvalue weighted by atomic mass is 127. The van der Waals surface area contributed by atoms with Crippen LogP contribution in [0, 0.1) is 0 Å². The Morgan fingerprint density at radius 2 is 2.62 bits per heavy atom. The zero-order valence-electron chi connectivity index (χ0n) is 4.19. The van der Waals surface area contributed by atoms with Crippen LogP contribution in [0.4, 0.5) is 0 Å². The Bertz CT molecular complexity index is 139. The van der Waals surface area contributed by atoms with Crippen LogP contribution in [0.3, 0.4) is 0 Å². The molecule has 0 unspecified atom stereocenters. The Balaban J connectivity index is 2.57. The molecule has 0 aromatic carbocycles. The lowest BCUT2D eigenvalue weighted by atomic mass is 10.3. The quantitative estimate of drug-likeness (QED) is 0.376. The number of rotatable bonds is 1. The molecule has 3 heteroatoms. The first-order chi connectivity index (χ1) is 3.83. The van der Waals surface area contributed by atoms with E-state index in [0.29, 0.717) is 6.61 Å². The molecular weight excluding hydrogens is 219 g/mol. The Kier molecular flexibility index (Phi) is 1.88. The van der Waals surface area contributed by atoms with E-state index in [-0.39, 0.29) is 5.97 Å². The Morgan fingerprint density at radius 3 is 2.88 bits per heavy atom. The van der Waals surface area contributed by atoms with Crippen molar-refractivity contribution in [1.29, 1.82) is 0 Å². The Labute approximate surface area is 61.0 Å². The summed E-state index contributed by atoms with van der Waals surface area (Å²) in [7, 11) is 0. The van der Waals surface area contributed by atoms with E-state index in [1.165, 1.54) is 0 Å². The number of hydrogen-bond donors (Lipinski definition) is 0. The molecule has 1 aliphatic rings. The Hall–Kier alpha value is -0.0600. The van der Waals surface area contributed by atoms with Crippen molar-refractivity contribution in [2.45, 2.75) is 0 Å². The molecule has 0 spiro atoms. The molecule has 1 heterocycles. The Morgan fingerprint density at radius 1 is 1.88 bits per heavy atom. The van der Waals surface area contributed by atoms with E-state index in [1.807, 2.05) is 0 Å². The van der Waals surface area contributed by atoms with Gasteiger partial charge >= 0.3 is 5.97 Å². The average Bonchev–Trinajstić information content (AvgIpc) is 2.14. The van der Waals surface area contributed by atoms with Crippen molar-refractivity contribution in [3.05, 3.63) is 11.6 Å². The lowest BCUT2D eigenvalue weighted by molar-refractivity contribution is -0.134. The second kappa shape index (κ2) is 2.48. The average molecular weight is 224 g/mol. The van der Waals surface area contributed by atoms with E-state index in [0.717, 1.165) is 10.0 Å².